The van der Waals surface area contributed by atoms with Gasteiger partial charge in [0, 0.05) is 18.6 Å². The van der Waals surface area contributed by atoms with E-state index in [0.717, 1.165) is 12.5 Å². The molecule has 1 N–H and O–H groups in total. The maximum absolute atomic E-state index is 11.3. The van der Waals surface area contributed by atoms with Crippen LogP contribution in [0.1, 0.15) is 29.5 Å². The van der Waals surface area contributed by atoms with Crippen LogP contribution in [0, 0.1) is 10.1 Å². The predicted octanol–water partition coefficient (Wildman–Crippen LogP) is 1.22. The molecule has 1 aromatic heterocycles. The summed E-state index contributed by atoms with van der Waals surface area (Å²) >= 11 is 0. The lowest BCUT2D eigenvalue weighted by Crippen LogP contribution is -2.10. The molecule has 0 aliphatic heterocycles. The maximum atomic E-state index is 11.3. The molecule has 0 saturated heterocycles. The van der Waals surface area contributed by atoms with Crippen molar-refractivity contribution in [1.82, 2.24) is 20.2 Å². The Hall–Kier alpha value is -2.84. The number of nitro benzene ring substituents is 1. The van der Waals surface area contributed by atoms with Gasteiger partial charge in [0.05, 0.1) is 16.2 Å². The van der Waals surface area contributed by atoms with E-state index in [1.807, 2.05) is 6.92 Å². The molecule has 104 valence electrons. The summed E-state index contributed by atoms with van der Waals surface area (Å²) in [7, 11) is 0. The fraction of sp³-hybridized carbons (Fsp3) is 0.273. The summed E-state index contributed by atoms with van der Waals surface area (Å²) < 4.78 is 1.29. The van der Waals surface area contributed by atoms with Gasteiger partial charge in [0.25, 0.3) is 5.69 Å². The first-order chi connectivity index (χ1) is 9.54. The van der Waals surface area contributed by atoms with Crippen molar-refractivity contribution in [3.05, 3.63) is 39.7 Å². The van der Waals surface area contributed by atoms with Gasteiger partial charge in [0.2, 0.25) is 0 Å². The first-order valence-corrected chi connectivity index (χ1v) is 5.84. The Bertz CT molecular complexity index is 667. The molecule has 0 aliphatic rings. The lowest BCUT2D eigenvalue weighted by atomic mass is 10.1. The highest BCUT2D eigenvalue weighted by atomic mass is 16.6. The zero-order valence-electron chi connectivity index (χ0n) is 10.6. The van der Waals surface area contributed by atoms with Crippen LogP contribution in [-0.4, -0.2) is 36.2 Å². The number of carboxylic acid groups (broad SMARTS) is 1. The Morgan fingerprint density at radius 2 is 2.25 bits per heavy atom. The average molecular weight is 277 g/mol. The standard InChI is InChI=1S/C11H11N5O4/c1-2-3-10-12-13-14-15(10)9-5-4-7(16(19)20)6-8(9)11(17)18/h4-6H,2-3H2,1H3,(H,17,18). The molecule has 0 spiro atoms. The number of tetrazole rings is 1. The lowest BCUT2D eigenvalue weighted by molar-refractivity contribution is -0.384. The van der Waals surface area contributed by atoms with E-state index in [1.165, 1.54) is 16.8 Å². The number of rotatable bonds is 5. The smallest absolute Gasteiger partial charge is 0.338 e. The van der Waals surface area contributed by atoms with Gasteiger partial charge in [0.15, 0.2) is 5.82 Å². The summed E-state index contributed by atoms with van der Waals surface area (Å²) in [6, 6.07) is 3.55. The molecule has 20 heavy (non-hydrogen) atoms. The van der Waals surface area contributed by atoms with Crippen molar-refractivity contribution < 1.29 is 14.8 Å². The van der Waals surface area contributed by atoms with Crippen LogP contribution in [0.5, 0.6) is 0 Å². The van der Waals surface area contributed by atoms with Gasteiger partial charge in [-0.15, -0.1) is 5.10 Å². The summed E-state index contributed by atoms with van der Waals surface area (Å²) in [5, 5.41) is 31.0. The second kappa shape index (κ2) is 5.43. The van der Waals surface area contributed by atoms with Gasteiger partial charge in [-0.3, -0.25) is 10.1 Å². The Morgan fingerprint density at radius 1 is 1.50 bits per heavy atom. The molecule has 2 rings (SSSR count). The van der Waals surface area contributed by atoms with Crippen LogP contribution in [-0.2, 0) is 6.42 Å². The number of nitrogens with zero attached hydrogens (tertiary/aromatic N) is 5. The lowest BCUT2D eigenvalue weighted by Gasteiger charge is -2.07. The number of carboxylic acids is 1. The van der Waals surface area contributed by atoms with Crippen LogP contribution in [0.25, 0.3) is 5.69 Å². The molecule has 0 atom stereocenters. The third-order valence-corrected chi connectivity index (χ3v) is 2.66. The minimum absolute atomic E-state index is 0.205. The number of nitro groups is 1. The molecule has 1 aromatic carbocycles. The molecule has 1 heterocycles. The monoisotopic (exact) mass is 277 g/mol. The summed E-state index contributed by atoms with van der Waals surface area (Å²) in [5.74, 6) is -0.773. The normalized spacial score (nSPS) is 10.4. The fourth-order valence-corrected chi connectivity index (χ4v) is 1.77. The van der Waals surface area contributed by atoms with Crippen LogP contribution < -0.4 is 0 Å². The maximum Gasteiger partial charge on any atom is 0.338 e. The van der Waals surface area contributed by atoms with Crippen LogP contribution in [0.2, 0.25) is 0 Å². The van der Waals surface area contributed by atoms with Gasteiger partial charge in [-0.2, -0.15) is 4.68 Å². The molecule has 9 nitrogen and oxygen atoms in total. The molecule has 0 bridgehead atoms. The minimum atomic E-state index is -1.28. The van der Waals surface area contributed by atoms with Gasteiger partial charge >= 0.3 is 5.97 Å². The van der Waals surface area contributed by atoms with Crippen molar-refractivity contribution in [3.63, 3.8) is 0 Å². The van der Waals surface area contributed by atoms with Gasteiger partial charge in [-0.1, -0.05) is 6.92 Å². The summed E-state index contributed by atoms with van der Waals surface area (Å²) in [6.07, 6.45) is 1.36. The highest BCUT2D eigenvalue weighted by Crippen LogP contribution is 2.21. The Labute approximate surface area is 113 Å². The number of aromatic carboxylic acids is 1. The Morgan fingerprint density at radius 3 is 2.85 bits per heavy atom. The van der Waals surface area contributed by atoms with Crippen molar-refractivity contribution in [2.45, 2.75) is 19.8 Å². The van der Waals surface area contributed by atoms with Gasteiger partial charge in [0.1, 0.15) is 0 Å². The molecule has 0 amide bonds. The third kappa shape index (κ3) is 2.46. The van der Waals surface area contributed by atoms with E-state index in [1.54, 1.807) is 0 Å². The van der Waals surface area contributed by atoms with E-state index in [-0.39, 0.29) is 16.9 Å². The zero-order chi connectivity index (χ0) is 14.7. The van der Waals surface area contributed by atoms with Crippen molar-refractivity contribution in [2.24, 2.45) is 0 Å². The Balaban J connectivity index is 2.58. The van der Waals surface area contributed by atoms with E-state index in [4.69, 9.17) is 0 Å². The Kier molecular flexibility index (Phi) is 3.69. The second-order valence-corrected chi connectivity index (χ2v) is 4.02. The third-order valence-electron chi connectivity index (χ3n) is 2.66. The van der Waals surface area contributed by atoms with E-state index < -0.39 is 10.9 Å². The van der Waals surface area contributed by atoms with Gasteiger partial charge < -0.3 is 5.11 Å². The minimum Gasteiger partial charge on any atom is -0.478 e. The zero-order valence-corrected chi connectivity index (χ0v) is 10.6. The molecular weight excluding hydrogens is 266 g/mol. The first kappa shape index (κ1) is 13.6. The van der Waals surface area contributed by atoms with Crippen molar-refractivity contribution in [3.8, 4) is 5.69 Å². The van der Waals surface area contributed by atoms with Crippen molar-refractivity contribution in [1.29, 1.82) is 0 Å². The summed E-state index contributed by atoms with van der Waals surface area (Å²) in [6.45, 7) is 1.94. The van der Waals surface area contributed by atoms with E-state index in [9.17, 15) is 20.0 Å². The second-order valence-electron chi connectivity index (χ2n) is 4.02. The summed E-state index contributed by atoms with van der Waals surface area (Å²) in [5.41, 5.74) is -0.309. The van der Waals surface area contributed by atoms with Gasteiger partial charge in [-0.25, -0.2) is 4.79 Å². The highest BCUT2D eigenvalue weighted by molar-refractivity contribution is 5.92. The number of non-ortho nitro benzene ring substituents is 1. The molecule has 0 unspecified atom stereocenters. The first-order valence-electron chi connectivity index (χ1n) is 5.84. The molecular formula is C11H11N5O4. The molecule has 0 aliphatic carbocycles. The van der Waals surface area contributed by atoms with E-state index in [2.05, 4.69) is 15.5 Å². The summed E-state index contributed by atoms with van der Waals surface area (Å²) in [4.78, 5) is 21.3. The predicted molar refractivity (Wildman–Crippen MR) is 66.8 cm³/mol. The van der Waals surface area contributed by atoms with Crippen LogP contribution >= 0.6 is 0 Å². The molecule has 9 heteroatoms. The fourth-order valence-electron chi connectivity index (χ4n) is 1.77. The van der Waals surface area contributed by atoms with Crippen molar-refractivity contribution in [2.75, 3.05) is 0 Å². The molecule has 0 radical (unpaired) electrons. The molecule has 2 aromatic rings. The number of hydrogen-bond acceptors (Lipinski definition) is 6. The number of carbonyl (C=O) groups is 1. The quantitative estimate of drug-likeness (QED) is 0.643. The van der Waals surface area contributed by atoms with Gasteiger partial charge in [-0.05, 0) is 22.9 Å². The highest BCUT2D eigenvalue weighted by Gasteiger charge is 2.19. The molecule has 0 fully saturated rings. The number of hydrogen-bond donors (Lipinski definition) is 1. The van der Waals surface area contributed by atoms with Crippen LogP contribution in [0.3, 0.4) is 0 Å². The number of aryl methyl sites for hydroxylation is 1. The van der Waals surface area contributed by atoms with Crippen molar-refractivity contribution >= 4 is 11.7 Å². The topological polar surface area (TPSA) is 124 Å². The van der Waals surface area contributed by atoms with E-state index >= 15 is 0 Å². The van der Waals surface area contributed by atoms with Crippen LogP contribution in [0.15, 0.2) is 18.2 Å². The average Bonchev–Trinajstić information content (AvgIpc) is 2.86. The molecule has 0 saturated carbocycles. The number of benzene rings is 1. The van der Waals surface area contributed by atoms with E-state index in [0.29, 0.717) is 12.2 Å². The number of aromatic nitrogens is 4. The van der Waals surface area contributed by atoms with Crippen LogP contribution in [0.4, 0.5) is 5.69 Å². The SMILES string of the molecule is CCCc1nnnn1-c1ccc([N+](=O)[O-])cc1C(=O)O. The largest absolute Gasteiger partial charge is 0.478 e.